The molecule has 2 aliphatic carbocycles. The minimum absolute atomic E-state index is 0. The molecule has 1 heterocycles. The molecule has 7 atom stereocenters. The first-order valence-electron chi connectivity index (χ1n) is 12.1. The molecule has 2 saturated carbocycles. The molecular weight excluding hydrogens is 489 g/mol. The van der Waals surface area contributed by atoms with Crippen molar-refractivity contribution in [3.8, 4) is 0 Å². The number of aliphatic hydroxyl groups is 1. The van der Waals surface area contributed by atoms with Crippen molar-refractivity contribution >= 4 is 28.0 Å². The Hall–Kier alpha value is -0.920. The maximum atomic E-state index is 13.0. The number of aliphatic hydroxyl groups excluding tert-OH is 1. The zero-order valence-electron chi connectivity index (χ0n) is 20.7. The molecule has 0 aromatic heterocycles. The number of rotatable bonds is 11. The van der Waals surface area contributed by atoms with E-state index in [1.807, 2.05) is 13.8 Å². The molecule has 11 nitrogen and oxygen atoms in total. The number of amides is 3. The van der Waals surface area contributed by atoms with Crippen LogP contribution in [-0.2, 0) is 24.4 Å². The summed E-state index contributed by atoms with van der Waals surface area (Å²) in [6.07, 6.45) is 4.27. The van der Waals surface area contributed by atoms with Gasteiger partial charge < -0.3 is 30.3 Å². The van der Waals surface area contributed by atoms with Crippen LogP contribution in [0.5, 0.6) is 0 Å². The summed E-state index contributed by atoms with van der Waals surface area (Å²) in [5.74, 6) is -0.118. The molecule has 1 aliphatic heterocycles. The zero-order chi connectivity index (χ0) is 25.0. The van der Waals surface area contributed by atoms with Gasteiger partial charge in [-0.25, -0.2) is 13.2 Å². The first-order chi connectivity index (χ1) is 15.9. The van der Waals surface area contributed by atoms with Gasteiger partial charge in [0.1, 0.15) is 16.2 Å². The SMILES string of the molecule is CC(C)C[C@H](NC(=O)OCC1CC2CCC1C2)C(=O)N[C@@H](C[C@H]1CCNC1=O)C(O)S(=O)(=O)[O-].[Na+]. The maximum absolute atomic E-state index is 13.0. The van der Waals surface area contributed by atoms with Crippen LogP contribution in [0.4, 0.5) is 4.79 Å². The fourth-order valence-corrected chi connectivity index (χ4v) is 6.14. The van der Waals surface area contributed by atoms with Gasteiger partial charge in [0.15, 0.2) is 5.44 Å². The van der Waals surface area contributed by atoms with E-state index in [0.717, 1.165) is 12.8 Å². The topological polar surface area (TPSA) is 174 Å². The third kappa shape index (κ3) is 8.57. The summed E-state index contributed by atoms with van der Waals surface area (Å²) >= 11 is 0. The number of fused-ring (bicyclic) bond motifs is 2. The Morgan fingerprint density at radius 3 is 2.43 bits per heavy atom. The van der Waals surface area contributed by atoms with E-state index in [1.165, 1.54) is 12.8 Å². The van der Waals surface area contributed by atoms with Gasteiger partial charge in [-0.05, 0) is 62.2 Å². The Morgan fingerprint density at radius 1 is 1.20 bits per heavy atom. The molecule has 194 valence electrons. The van der Waals surface area contributed by atoms with Gasteiger partial charge in [-0.15, -0.1) is 0 Å². The molecule has 35 heavy (non-hydrogen) atoms. The maximum Gasteiger partial charge on any atom is 1.00 e. The van der Waals surface area contributed by atoms with Crippen molar-refractivity contribution in [1.29, 1.82) is 0 Å². The van der Waals surface area contributed by atoms with Crippen LogP contribution in [0.25, 0.3) is 0 Å². The molecule has 3 rings (SSSR count). The Kier molecular flexibility index (Phi) is 11.3. The van der Waals surface area contributed by atoms with Crippen LogP contribution < -0.4 is 45.5 Å². The fourth-order valence-electron chi connectivity index (χ4n) is 5.56. The normalized spacial score (nSPS) is 28.1. The summed E-state index contributed by atoms with van der Waals surface area (Å²) in [4.78, 5) is 37.3. The van der Waals surface area contributed by atoms with Gasteiger partial charge in [0.25, 0.3) is 0 Å². The van der Waals surface area contributed by atoms with Crippen molar-refractivity contribution < 1.29 is 66.8 Å². The number of alkyl carbamates (subject to hydrolysis) is 1. The van der Waals surface area contributed by atoms with Crippen molar-refractivity contribution in [1.82, 2.24) is 16.0 Å². The minimum atomic E-state index is -5.15. The number of hydrogen-bond donors (Lipinski definition) is 4. The summed E-state index contributed by atoms with van der Waals surface area (Å²) in [5.41, 5.74) is -2.42. The monoisotopic (exact) mass is 525 g/mol. The van der Waals surface area contributed by atoms with Crippen LogP contribution in [-0.4, -0.2) is 66.7 Å². The molecule has 1 saturated heterocycles. The van der Waals surface area contributed by atoms with E-state index in [-0.39, 0.29) is 60.8 Å². The van der Waals surface area contributed by atoms with Crippen molar-refractivity contribution in [2.24, 2.45) is 29.6 Å². The predicted octanol–water partition coefficient (Wildman–Crippen LogP) is -2.56. The molecule has 3 fully saturated rings. The average molecular weight is 526 g/mol. The van der Waals surface area contributed by atoms with Crippen molar-refractivity contribution in [2.45, 2.75) is 76.3 Å². The fraction of sp³-hybridized carbons (Fsp3) is 0.864. The van der Waals surface area contributed by atoms with Crippen LogP contribution in [0.1, 0.15) is 58.8 Å². The van der Waals surface area contributed by atoms with Crippen molar-refractivity contribution in [3.63, 3.8) is 0 Å². The van der Waals surface area contributed by atoms with Crippen LogP contribution in [0.3, 0.4) is 0 Å². The standard InChI is InChI=1S/C22H37N3O8S.Na/c1-12(2)7-17(25-22(29)33-11-16-9-13-3-4-14(16)8-13)20(27)24-18(21(28)34(30,31)32)10-15-5-6-23-19(15)26;/h12-18,21,28H,3-11H2,1-2H3,(H,23,26)(H,24,27)(H,25,29)(H,30,31,32);/q;+1/p-1/t13?,14?,15-,16?,17+,18+,21?;/m1./s1. The van der Waals surface area contributed by atoms with E-state index < -0.39 is 45.6 Å². The van der Waals surface area contributed by atoms with Crippen LogP contribution >= 0.6 is 0 Å². The summed E-state index contributed by atoms with van der Waals surface area (Å²) < 4.78 is 39.8. The molecule has 2 bridgehead atoms. The molecule has 0 aromatic rings. The minimum Gasteiger partial charge on any atom is -0.746 e. The van der Waals surface area contributed by atoms with Crippen molar-refractivity contribution in [2.75, 3.05) is 13.2 Å². The second-order valence-corrected chi connectivity index (χ2v) is 11.8. The van der Waals surface area contributed by atoms with E-state index in [1.54, 1.807) is 0 Å². The van der Waals surface area contributed by atoms with Gasteiger partial charge in [-0.2, -0.15) is 0 Å². The summed E-state index contributed by atoms with van der Waals surface area (Å²) in [7, 11) is -5.15. The first kappa shape index (κ1) is 30.3. The second-order valence-electron chi connectivity index (χ2n) is 10.4. The Labute approximate surface area is 228 Å². The molecule has 4 unspecified atom stereocenters. The molecule has 13 heteroatoms. The van der Waals surface area contributed by atoms with Gasteiger partial charge in [-0.3, -0.25) is 9.59 Å². The summed E-state index contributed by atoms with van der Waals surface area (Å²) in [6.45, 7) is 4.37. The predicted molar refractivity (Wildman–Crippen MR) is 120 cm³/mol. The average Bonchev–Trinajstić information content (AvgIpc) is 3.47. The quantitative estimate of drug-likeness (QED) is 0.168. The van der Waals surface area contributed by atoms with Crippen LogP contribution in [0, 0.1) is 29.6 Å². The molecule has 0 spiro atoms. The van der Waals surface area contributed by atoms with Gasteiger partial charge >= 0.3 is 35.7 Å². The number of carbonyl (C=O) groups is 3. The number of ether oxygens (including phenoxy) is 1. The Morgan fingerprint density at radius 2 is 1.91 bits per heavy atom. The van der Waals surface area contributed by atoms with Crippen LogP contribution in [0.2, 0.25) is 0 Å². The molecular formula is C22H36N3NaO8S. The van der Waals surface area contributed by atoms with E-state index >= 15 is 0 Å². The molecule has 3 aliphatic rings. The van der Waals surface area contributed by atoms with E-state index in [0.29, 0.717) is 30.7 Å². The summed E-state index contributed by atoms with van der Waals surface area (Å²) in [5, 5.41) is 17.6. The molecule has 3 amide bonds. The Balaban J connectivity index is 0.00000432. The number of nitrogens with one attached hydrogen (secondary N) is 3. The van der Waals surface area contributed by atoms with E-state index in [2.05, 4.69) is 16.0 Å². The van der Waals surface area contributed by atoms with Gasteiger partial charge in [0, 0.05) is 12.5 Å². The second kappa shape index (κ2) is 13.0. The van der Waals surface area contributed by atoms with E-state index in [9.17, 15) is 32.5 Å². The van der Waals surface area contributed by atoms with Crippen molar-refractivity contribution in [3.05, 3.63) is 0 Å². The molecule has 4 N–H and O–H groups in total. The van der Waals surface area contributed by atoms with E-state index in [4.69, 9.17) is 4.74 Å². The smallest absolute Gasteiger partial charge is 0.746 e. The number of hydrogen-bond acceptors (Lipinski definition) is 8. The van der Waals surface area contributed by atoms with Crippen LogP contribution in [0.15, 0.2) is 0 Å². The summed E-state index contributed by atoms with van der Waals surface area (Å²) in [6, 6.07) is -2.56. The largest absolute Gasteiger partial charge is 1.00 e. The van der Waals surface area contributed by atoms with Gasteiger partial charge in [0.2, 0.25) is 11.8 Å². The molecule has 0 aromatic carbocycles. The zero-order valence-corrected chi connectivity index (χ0v) is 23.5. The molecule has 0 radical (unpaired) electrons. The van der Waals surface area contributed by atoms with Gasteiger partial charge in [-0.1, -0.05) is 20.3 Å². The third-order valence-corrected chi connectivity index (χ3v) is 8.22. The third-order valence-electron chi connectivity index (χ3n) is 7.30. The Bertz CT molecular complexity index is 871. The first-order valence-corrected chi connectivity index (χ1v) is 13.5. The van der Waals surface area contributed by atoms with Gasteiger partial charge in [0.05, 0.1) is 12.6 Å². The number of carbonyl (C=O) groups excluding carboxylic acids is 3.